The van der Waals surface area contributed by atoms with Crippen LogP contribution in [0, 0.1) is 15.5 Å². The van der Waals surface area contributed by atoms with Crippen molar-refractivity contribution < 1.29 is 4.92 Å². The second-order valence-corrected chi connectivity index (χ2v) is 6.82. The van der Waals surface area contributed by atoms with Crippen molar-refractivity contribution in [3.63, 3.8) is 0 Å². The maximum Gasteiger partial charge on any atom is 0.283 e. The number of hydrogen-bond acceptors (Lipinski definition) is 3. The van der Waals surface area contributed by atoms with Gasteiger partial charge in [0.1, 0.15) is 0 Å². The minimum atomic E-state index is -0.348. The molecule has 5 heteroatoms. The molecule has 4 nitrogen and oxygen atoms in total. The number of nitro benzene ring substituents is 1. The Balaban J connectivity index is 2.83. The van der Waals surface area contributed by atoms with Crippen LogP contribution < -0.4 is 5.32 Å². The van der Waals surface area contributed by atoms with E-state index in [4.69, 9.17) is 0 Å². The van der Waals surface area contributed by atoms with Gasteiger partial charge in [0, 0.05) is 12.1 Å². The van der Waals surface area contributed by atoms with Gasteiger partial charge in [-0.25, -0.2) is 0 Å². The minimum Gasteiger partial charge on any atom is -0.314 e. The van der Waals surface area contributed by atoms with Crippen molar-refractivity contribution >= 4 is 21.6 Å². The van der Waals surface area contributed by atoms with Gasteiger partial charge in [0.2, 0.25) is 0 Å². The molecule has 112 valence electrons. The Morgan fingerprint density at radius 1 is 1.40 bits per heavy atom. The monoisotopic (exact) mass is 342 g/mol. The second kappa shape index (κ2) is 7.18. The topological polar surface area (TPSA) is 55.2 Å². The third-order valence-electron chi connectivity index (χ3n) is 3.45. The third-order valence-corrected chi connectivity index (χ3v) is 4.37. The average molecular weight is 343 g/mol. The molecule has 0 spiro atoms. The van der Waals surface area contributed by atoms with Crippen molar-refractivity contribution in [3.8, 4) is 0 Å². The molecule has 0 heterocycles. The van der Waals surface area contributed by atoms with Crippen LogP contribution >= 0.6 is 15.9 Å². The average Bonchev–Trinajstić information content (AvgIpc) is 2.34. The van der Waals surface area contributed by atoms with Crippen molar-refractivity contribution in [1.29, 1.82) is 0 Å². The van der Waals surface area contributed by atoms with Gasteiger partial charge in [0.25, 0.3) is 5.69 Å². The number of nitro groups is 1. The summed E-state index contributed by atoms with van der Waals surface area (Å²) in [5, 5.41) is 14.4. The first-order chi connectivity index (χ1) is 9.27. The van der Waals surface area contributed by atoms with Gasteiger partial charge in [0.15, 0.2) is 0 Å². The minimum absolute atomic E-state index is 0.137. The van der Waals surface area contributed by atoms with Gasteiger partial charge >= 0.3 is 0 Å². The van der Waals surface area contributed by atoms with Crippen LogP contribution in [0.2, 0.25) is 0 Å². The molecule has 1 aromatic carbocycles. The molecule has 1 aromatic rings. The van der Waals surface area contributed by atoms with E-state index in [9.17, 15) is 10.1 Å². The zero-order chi connectivity index (χ0) is 15.3. The highest BCUT2D eigenvalue weighted by Crippen LogP contribution is 2.30. The molecule has 0 amide bonds. The Hall–Kier alpha value is -0.940. The van der Waals surface area contributed by atoms with Crippen LogP contribution in [0.3, 0.4) is 0 Å². The predicted molar refractivity (Wildman–Crippen MR) is 86.0 cm³/mol. The predicted octanol–water partition coefficient (Wildman–Crippen LogP) is 4.31. The van der Waals surface area contributed by atoms with Gasteiger partial charge in [-0.1, -0.05) is 39.8 Å². The summed E-state index contributed by atoms with van der Waals surface area (Å²) in [5.41, 5.74) is 1.30. The zero-order valence-electron chi connectivity index (χ0n) is 12.6. The summed E-state index contributed by atoms with van der Waals surface area (Å²) in [6, 6.07) is 5.61. The lowest BCUT2D eigenvalue weighted by Crippen LogP contribution is -2.40. The lowest BCUT2D eigenvalue weighted by atomic mass is 9.83. The molecule has 0 fully saturated rings. The van der Waals surface area contributed by atoms with E-state index in [2.05, 4.69) is 48.9 Å². The van der Waals surface area contributed by atoms with E-state index in [-0.39, 0.29) is 16.0 Å². The molecule has 1 N–H and O–H groups in total. The van der Waals surface area contributed by atoms with E-state index >= 15 is 0 Å². The molecule has 0 saturated carbocycles. The smallest absolute Gasteiger partial charge is 0.283 e. The Morgan fingerprint density at radius 2 is 2.05 bits per heavy atom. The van der Waals surface area contributed by atoms with Crippen molar-refractivity contribution in [2.75, 3.05) is 6.54 Å². The molecule has 0 aliphatic rings. The summed E-state index contributed by atoms with van der Waals surface area (Å²) in [6.07, 6.45) is 1.77. The number of aryl methyl sites for hydroxylation is 1. The quantitative estimate of drug-likeness (QED) is 0.618. The van der Waals surface area contributed by atoms with Gasteiger partial charge in [-0.05, 0) is 46.3 Å². The zero-order valence-corrected chi connectivity index (χ0v) is 14.2. The fraction of sp³-hybridized carbons (Fsp3) is 0.600. The first kappa shape index (κ1) is 17.1. The largest absolute Gasteiger partial charge is 0.314 e. The van der Waals surface area contributed by atoms with E-state index in [0.717, 1.165) is 24.9 Å². The first-order valence-corrected chi connectivity index (χ1v) is 7.71. The van der Waals surface area contributed by atoms with Crippen molar-refractivity contribution in [3.05, 3.63) is 38.3 Å². The standard InChI is InChI=1S/C15H23BrN2O2/c1-5-17-13(15(2,3)4)10-9-11-7-6-8-12(14(11)16)18(19)20/h6-8,13,17H,5,9-10H2,1-4H3. The fourth-order valence-corrected chi connectivity index (χ4v) is 2.90. The molecule has 1 unspecified atom stereocenters. The highest BCUT2D eigenvalue weighted by Gasteiger charge is 2.24. The Kier molecular flexibility index (Phi) is 6.14. The van der Waals surface area contributed by atoms with Crippen LogP contribution in [-0.4, -0.2) is 17.5 Å². The lowest BCUT2D eigenvalue weighted by molar-refractivity contribution is -0.385. The number of benzene rings is 1. The van der Waals surface area contributed by atoms with Crippen LogP contribution in [-0.2, 0) is 6.42 Å². The summed E-state index contributed by atoms with van der Waals surface area (Å²) in [4.78, 5) is 10.6. The number of nitrogens with zero attached hydrogens (tertiary/aromatic N) is 1. The Labute approximate surface area is 129 Å². The van der Waals surface area contributed by atoms with Gasteiger partial charge in [-0.15, -0.1) is 0 Å². The number of nitrogens with one attached hydrogen (secondary N) is 1. The van der Waals surface area contributed by atoms with Crippen LogP contribution in [0.5, 0.6) is 0 Å². The molecular weight excluding hydrogens is 320 g/mol. The Bertz CT molecular complexity index is 469. The number of rotatable bonds is 6. The fourth-order valence-electron chi connectivity index (χ4n) is 2.29. The highest BCUT2D eigenvalue weighted by molar-refractivity contribution is 9.10. The van der Waals surface area contributed by atoms with Crippen molar-refractivity contribution in [2.45, 2.75) is 46.6 Å². The third kappa shape index (κ3) is 4.56. The molecule has 0 saturated heterocycles. The van der Waals surface area contributed by atoms with Crippen LogP contribution in [0.15, 0.2) is 22.7 Å². The van der Waals surface area contributed by atoms with Gasteiger partial charge in [-0.2, -0.15) is 0 Å². The molecule has 0 bridgehead atoms. The SMILES string of the molecule is CCNC(CCc1cccc([N+](=O)[O-])c1Br)C(C)(C)C. The van der Waals surface area contributed by atoms with Crippen LogP contribution in [0.4, 0.5) is 5.69 Å². The number of hydrogen-bond donors (Lipinski definition) is 1. The lowest BCUT2D eigenvalue weighted by Gasteiger charge is -2.31. The molecule has 0 radical (unpaired) electrons. The molecule has 20 heavy (non-hydrogen) atoms. The summed E-state index contributed by atoms with van der Waals surface area (Å²) < 4.78 is 0.606. The molecule has 1 atom stereocenters. The molecule has 0 aliphatic carbocycles. The molecular formula is C15H23BrN2O2. The van der Waals surface area contributed by atoms with E-state index in [0.29, 0.717) is 10.5 Å². The Morgan fingerprint density at radius 3 is 2.55 bits per heavy atom. The van der Waals surface area contributed by atoms with Crippen molar-refractivity contribution in [1.82, 2.24) is 5.32 Å². The summed E-state index contributed by atoms with van der Waals surface area (Å²) in [5.74, 6) is 0. The molecule has 0 aromatic heterocycles. The van der Waals surface area contributed by atoms with Crippen molar-refractivity contribution in [2.24, 2.45) is 5.41 Å². The summed E-state index contributed by atoms with van der Waals surface area (Å²) in [7, 11) is 0. The maximum atomic E-state index is 10.9. The van der Waals surface area contributed by atoms with E-state index in [1.165, 1.54) is 6.07 Å². The van der Waals surface area contributed by atoms with Gasteiger partial charge in [0.05, 0.1) is 9.40 Å². The summed E-state index contributed by atoms with van der Waals surface area (Å²) in [6.45, 7) is 9.66. The van der Waals surface area contributed by atoms with E-state index in [1.54, 1.807) is 6.07 Å². The highest BCUT2D eigenvalue weighted by atomic mass is 79.9. The van der Waals surface area contributed by atoms with E-state index in [1.807, 2.05) is 6.07 Å². The van der Waals surface area contributed by atoms with Gasteiger partial charge < -0.3 is 5.32 Å². The maximum absolute atomic E-state index is 10.9. The van der Waals surface area contributed by atoms with E-state index < -0.39 is 0 Å². The molecule has 1 rings (SSSR count). The summed E-state index contributed by atoms with van der Waals surface area (Å²) >= 11 is 3.36. The normalized spacial score (nSPS) is 13.2. The molecule has 0 aliphatic heterocycles. The number of halogens is 1. The van der Waals surface area contributed by atoms with Gasteiger partial charge in [-0.3, -0.25) is 10.1 Å². The van der Waals surface area contributed by atoms with Crippen LogP contribution in [0.25, 0.3) is 0 Å². The van der Waals surface area contributed by atoms with Crippen LogP contribution in [0.1, 0.15) is 39.7 Å². The second-order valence-electron chi connectivity index (χ2n) is 6.02. The first-order valence-electron chi connectivity index (χ1n) is 6.92.